The van der Waals surface area contributed by atoms with Crippen LogP contribution in [0, 0.1) is 0 Å². The Morgan fingerprint density at radius 3 is 2.50 bits per heavy atom. The Hall–Kier alpha value is -0.195. The SMILES string of the molecule is [B]CC=C.[HH]. The monoisotopic (exact) mass is 54.1 g/mol. The molecule has 0 saturated carbocycles. The van der Waals surface area contributed by atoms with Crippen molar-refractivity contribution in [2.24, 2.45) is 0 Å². The van der Waals surface area contributed by atoms with Crippen molar-refractivity contribution in [1.82, 2.24) is 0 Å². The van der Waals surface area contributed by atoms with Gasteiger partial charge in [0.25, 0.3) is 0 Å². The second-order valence-corrected chi connectivity index (χ2v) is 0.524. The molecule has 0 saturated heterocycles. The lowest BCUT2D eigenvalue weighted by molar-refractivity contribution is 1.76. The minimum absolute atomic E-state index is 0. The average molecular weight is 53.9 g/mol. The van der Waals surface area contributed by atoms with Crippen LogP contribution in [0.25, 0.3) is 0 Å². The molecule has 0 bridgehead atoms. The molecule has 0 nitrogen and oxygen atoms in total. The largest absolute Gasteiger partial charge is 0.104 e. The number of hydrogen-bond donors (Lipinski definition) is 0. The van der Waals surface area contributed by atoms with E-state index in [0.29, 0.717) is 6.32 Å². The van der Waals surface area contributed by atoms with E-state index in [1.54, 1.807) is 6.08 Å². The molecular formula is C3H7B. The third-order valence-corrected chi connectivity index (χ3v) is 0.167. The van der Waals surface area contributed by atoms with Crippen molar-refractivity contribution in [1.29, 1.82) is 0 Å². The van der Waals surface area contributed by atoms with Crippen LogP contribution in [0.2, 0.25) is 6.32 Å². The predicted molar refractivity (Wildman–Crippen MR) is 22.9 cm³/mol. The van der Waals surface area contributed by atoms with Gasteiger partial charge in [-0.05, 0) is 0 Å². The topological polar surface area (TPSA) is 0 Å². The van der Waals surface area contributed by atoms with Crippen LogP contribution < -0.4 is 0 Å². The van der Waals surface area contributed by atoms with E-state index in [4.69, 9.17) is 7.85 Å². The standard InChI is InChI=1S/C3H5B.H2/c1-2-3-4;/h2H,1,3H2;1H. The second kappa shape index (κ2) is 2.80. The molecule has 0 unspecified atom stereocenters. The molecule has 0 aromatic rings. The molecule has 0 spiro atoms. The van der Waals surface area contributed by atoms with Gasteiger partial charge in [0, 0.05) is 1.43 Å². The summed E-state index contributed by atoms with van der Waals surface area (Å²) in [7, 11) is 4.91. The van der Waals surface area contributed by atoms with Crippen molar-refractivity contribution < 1.29 is 1.43 Å². The summed E-state index contributed by atoms with van der Waals surface area (Å²) in [5, 5.41) is 0. The maximum Gasteiger partial charge on any atom is 0.0708 e. The molecule has 0 heterocycles. The highest BCUT2D eigenvalue weighted by Gasteiger charge is 1.46. The first-order chi connectivity index (χ1) is 1.91. The summed E-state index contributed by atoms with van der Waals surface area (Å²) < 4.78 is 0. The zero-order chi connectivity index (χ0) is 3.41. The van der Waals surface area contributed by atoms with Gasteiger partial charge < -0.3 is 0 Å². The van der Waals surface area contributed by atoms with Gasteiger partial charge in [0.15, 0.2) is 0 Å². The highest BCUT2D eigenvalue weighted by atomic mass is 13.4. The number of allylic oxidation sites excluding steroid dienone is 1. The van der Waals surface area contributed by atoms with Crippen molar-refractivity contribution in [3.63, 3.8) is 0 Å². The van der Waals surface area contributed by atoms with Gasteiger partial charge in [0.05, 0.1) is 7.85 Å². The van der Waals surface area contributed by atoms with Crippen molar-refractivity contribution >= 4 is 7.85 Å². The smallest absolute Gasteiger partial charge is 0.0708 e. The Balaban J connectivity index is 0. The van der Waals surface area contributed by atoms with Crippen LogP contribution >= 0.6 is 0 Å². The Morgan fingerprint density at radius 1 is 2.25 bits per heavy atom. The maximum absolute atomic E-state index is 4.91. The predicted octanol–water partition coefficient (Wildman–Crippen LogP) is 1.01. The highest BCUT2D eigenvalue weighted by Crippen LogP contribution is 1.61. The summed E-state index contributed by atoms with van der Waals surface area (Å²) >= 11 is 0. The van der Waals surface area contributed by atoms with Gasteiger partial charge >= 0.3 is 0 Å². The first-order valence-corrected chi connectivity index (χ1v) is 1.22. The first kappa shape index (κ1) is 3.80. The summed E-state index contributed by atoms with van der Waals surface area (Å²) in [6.07, 6.45) is 2.24. The van der Waals surface area contributed by atoms with Crippen LogP contribution in [0.5, 0.6) is 0 Å². The molecule has 0 amide bonds. The highest BCUT2D eigenvalue weighted by molar-refractivity contribution is 6.09. The third-order valence-electron chi connectivity index (χ3n) is 0.167. The Bertz CT molecular complexity index is 20.9. The van der Waals surface area contributed by atoms with E-state index >= 15 is 0 Å². The fourth-order valence-corrected chi connectivity index (χ4v) is 0. The van der Waals surface area contributed by atoms with Crippen LogP contribution in [-0.4, -0.2) is 7.85 Å². The van der Waals surface area contributed by atoms with Crippen LogP contribution in [0.4, 0.5) is 0 Å². The lowest BCUT2D eigenvalue weighted by Crippen LogP contribution is -1.47. The molecule has 2 radical (unpaired) electrons. The van der Waals surface area contributed by atoms with Gasteiger partial charge in [-0.25, -0.2) is 0 Å². The van der Waals surface area contributed by atoms with Crippen LogP contribution in [0.1, 0.15) is 1.43 Å². The Kier molecular flexibility index (Phi) is 2.67. The summed E-state index contributed by atoms with van der Waals surface area (Å²) in [5.74, 6) is 0. The van der Waals surface area contributed by atoms with Crippen molar-refractivity contribution in [2.45, 2.75) is 6.32 Å². The molecule has 22 valence electrons. The minimum atomic E-state index is 0. The van der Waals surface area contributed by atoms with E-state index in [1.165, 1.54) is 0 Å². The van der Waals surface area contributed by atoms with Gasteiger partial charge in [0.2, 0.25) is 0 Å². The maximum atomic E-state index is 4.91. The molecule has 1 heteroatoms. The molecule has 0 aliphatic heterocycles. The fraction of sp³-hybridized carbons (Fsp3) is 0.333. The first-order valence-electron chi connectivity index (χ1n) is 1.22. The molecule has 0 N–H and O–H groups in total. The second-order valence-electron chi connectivity index (χ2n) is 0.524. The third kappa shape index (κ3) is 1.80. The van der Waals surface area contributed by atoms with Crippen molar-refractivity contribution in [3.05, 3.63) is 12.7 Å². The van der Waals surface area contributed by atoms with Gasteiger partial charge in [0.1, 0.15) is 0 Å². The molecule has 0 aromatic carbocycles. The summed E-state index contributed by atoms with van der Waals surface area (Å²) in [5.41, 5.74) is 0. The normalized spacial score (nSPS) is 6.00. The summed E-state index contributed by atoms with van der Waals surface area (Å²) in [6.45, 7) is 3.35. The van der Waals surface area contributed by atoms with Crippen LogP contribution in [0.15, 0.2) is 12.7 Å². The van der Waals surface area contributed by atoms with Gasteiger partial charge in [-0.15, -0.1) is 12.7 Å². The molecule has 4 heavy (non-hydrogen) atoms. The number of hydrogen-bond acceptors (Lipinski definition) is 0. The lowest BCUT2D eigenvalue weighted by atomic mass is 10.1. The summed E-state index contributed by atoms with van der Waals surface area (Å²) in [4.78, 5) is 0. The lowest BCUT2D eigenvalue weighted by Gasteiger charge is -1.57. The Labute approximate surface area is 29.4 Å². The van der Waals surface area contributed by atoms with Gasteiger partial charge in [-0.1, -0.05) is 6.32 Å². The summed E-state index contributed by atoms with van der Waals surface area (Å²) in [6, 6.07) is 0. The number of rotatable bonds is 1. The van der Waals surface area contributed by atoms with Gasteiger partial charge in [-0.2, -0.15) is 0 Å². The van der Waals surface area contributed by atoms with E-state index in [1.807, 2.05) is 0 Å². The molecule has 0 aliphatic carbocycles. The van der Waals surface area contributed by atoms with Crippen LogP contribution in [0.3, 0.4) is 0 Å². The van der Waals surface area contributed by atoms with E-state index in [9.17, 15) is 0 Å². The van der Waals surface area contributed by atoms with Crippen LogP contribution in [-0.2, 0) is 0 Å². The minimum Gasteiger partial charge on any atom is -0.104 e. The van der Waals surface area contributed by atoms with E-state index < -0.39 is 0 Å². The zero-order valence-corrected chi connectivity index (χ0v) is 2.57. The van der Waals surface area contributed by atoms with E-state index in [0.717, 1.165) is 0 Å². The molecule has 0 aromatic heterocycles. The Morgan fingerprint density at radius 2 is 2.50 bits per heavy atom. The molecule has 0 rings (SSSR count). The van der Waals surface area contributed by atoms with Crippen molar-refractivity contribution in [2.75, 3.05) is 0 Å². The van der Waals surface area contributed by atoms with Gasteiger partial charge in [-0.3, -0.25) is 0 Å². The molecule has 0 aliphatic rings. The quantitative estimate of drug-likeness (QED) is 0.309. The molecular weight excluding hydrogens is 46.8 g/mol. The van der Waals surface area contributed by atoms with E-state index in [2.05, 4.69) is 6.58 Å². The fourth-order valence-electron chi connectivity index (χ4n) is 0. The molecule has 0 fully saturated rings. The van der Waals surface area contributed by atoms with Crippen molar-refractivity contribution in [3.8, 4) is 0 Å². The van der Waals surface area contributed by atoms with E-state index in [-0.39, 0.29) is 1.43 Å². The average Bonchev–Trinajstić information content (AvgIpc) is 1.37. The molecule has 0 atom stereocenters. The zero-order valence-electron chi connectivity index (χ0n) is 2.57.